The smallest absolute Gasteiger partial charge is 0.255 e. The van der Waals surface area contributed by atoms with Crippen molar-refractivity contribution in [2.24, 2.45) is 0 Å². The maximum atomic E-state index is 11.9. The summed E-state index contributed by atoms with van der Waals surface area (Å²) in [6, 6.07) is 5.16. The molecule has 0 aliphatic rings. The summed E-state index contributed by atoms with van der Waals surface area (Å²) >= 11 is 6.04. The minimum atomic E-state index is -0.265. The number of benzene rings is 1. The van der Waals surface area contributed by atoms with Crippen LogP contribution < -0.4 is 15.6 Å². The first-order valence-electron chi connectivity index (χ1n) is 6.36. The third-order valence-electron chi connectivity index (χ3n) is 3.00. The van der Waals surface area contributed by atoms with Gasteiger partial charge < -0.3 is 15.2 Å². The van der Waals surface area contributed by atoms with Crippen molar-refractivity contribution in [1.82, 2.24) is 9.97 Å². The second-order valence-corrected chi connectivity index (χ2v) is 4.83. The van der Waals surface area contributed by atoms with Gasteiger partial charge in [0.05, 0.1) is 17.8 Å². The fraction of sp³-hybridized carbons (Fsp3) is 0.286. The molecule has 0 saturated heterocycles. The fourth-order valence-electron chi connectivity index (χ4n) is 1.96. The zero-order valence-electron chi connectivity index (χ0n) is 11.7. The van der Waals surface area contributed by atoms with Crippen LogP contribution in [0.3, 0.4) is 0 Å². The lowest BCUT2D eigenvalue weighted by molar-refractivity contribution is 0.298. The van der Waals surface area contributed by atoms with E-state index in [9.17, 15) is 4.79 Å². The molecule has 1 aromatic carbocycles. The molecule has 0 radical (unpaired) electrons. The molecule has 0 saturated carbocycles. The molecule has 21 heavy (non-hydrogen) atoms. The van der Waals surface area contributed by atoms with E-state index >= 15 is 0 Å². The van der Waals surface area contributed by atoms with Gasteiger partial charge in [-0.3, -0.25) is 9.78 Å². The van der Waals surface area contributed by atoms with E-state index in [-0.39, 0.29) is 18.6 Å². The maximum Gasteiger partial charge on any atom is 0.255 e. The van der Waals surface area contributed by atoms with E-state index in [4.69, 9.17) is 21.4 Å². The van der Waals surface area contributed by atoms with Gasteiger partial charge >= 0.3 is 0 Å². The highest BCUT2D eigenvalue weighted by molar-refractivity contribution is 6.32. The number of aliphatic hydroxyl groups excluding tert-OH is 1. The lowest BCUT2D eigenvalue weighted by Gasteiger charge is -2.10. The molecule has 0 spiro atoms. The van der Waals surface area contributed by atoms with Gasteiger partial charge in [0.1, 0.15) is 5.75 Å². The van der Waals surface area contributed by atoms with Crippen molar-refractivity contribution in [3.8, 4) is 5.75 Å². The van der Waals surface area contributed by atoms with Crippen molar-refractivity contribution in [3.05, 3.63) is 44.8 Å². The van der Waals surface area contributed by atoms with Gasteiger partial charge in [0.2, 0.25) is 5.95 Å². The highest BCUT2D eigenvalue weighted by Gasteiger charge is 2.08. The number of nitrogens with zero attached hydrogens (tertiary/aromatic N) is 1. The molecule has 0 bridgehead atoms. The quantitative estimate of drug-likeness (QED) is 0.786. The highest BCUT2D eigenvalue weighted by Crippen LogP contribution is 2.28. The number of rotatable bonds is 5. The van der Waals surface area contributed by atoms with E-state index in [1.54, 1.807) is 25.1 Å². The van der Waals surface area contributed by atoms with Gasteiger partial charge in [-0.1, -0.05) is 11.6 Å². The molecule has 112 valence electrons. The topological polar surface area (TPSA) is 87.2 Å². The average molecular weight is 310 g/mol. The number of aliphatic hydroxyl groups is 1. The molecular formula is C14H16ClN3O3. The molecule has 0 unspecified atom stereocenters. The zero-order chi connectivity index (χ0) is 15.4. The van der Waals surface area contributed by atoms with E-state index in [0.29, 0.717) is 33.7 Å². The van der Waals surface area contributed by atoms with E-state index in [1.165, 1.54) is 7.11 Å². The Kier molecular flexibility index (Phi) is 4.82. The molecule has 0 fully saturated rings. The van der Waals surface area contributed by atoms with E-state index in [1.807, 2.05) is 0 Å². The zero-order valence-corrected chi connectivity index (χ0v) is 12.5. The largest absolute Gasteiger partial charge is 0.495 e. The van der Waals surface area contributed by atoms with E-state index in [0.717, 1.165) is 0 Å². The number of aromatic nitrogens is 2. The average Bonchev–Trinajstić information content (AvgIpc) is 2.43. The summed E-state index contributed by atoms with van der Waals surface area (Å²) in [6.07, 6.45) is 0.281. The molecule has 0 amide bonds. The summed E-state index contributed by atoms with van der Waals surface area (Å²) in [5, 5.41) is 12.4. The number of hydrogen-bond acceptors (Lipinski definition) is 5. The Balaban J connectivity index is 2.28. The Labute approximate surface area is 126 Å². The molecular weight excluding hydrogens is 294 g/mol. The lowest BCUT2D eigenvalue weighted by Crippen LogP contribution is -2.19. The SMILES string of the molecule is COc1ccc(Nc2nc(C)c(CCO)c(=O)[nH]2)cc1Cl. The van der Waals surface area contributed by atoms with Crippen molar-refractivity contribution in [1.29, 1.82) is 0 Å². The molecule has 3 N–H and O–H groups in total. The van der Waals surface area contributed by atoms with Crippen LogP contribution >= 0.6 is 11.6 Å². The number of aryl methyl sites for hydroxylation is 1. The van der Waals surface area contributed by atoms with Crippen LogP contribution in [-0.2, 0) is 6.42 Å². The van der Waals surface area contributed by atoms with Crippen LogP contribution in [0.15, 0.2) is 23.0 Å². The second-order valence-electron chi connectivity index (χ2n) is 4.43. The standard InChI is InChI=1S/C14H16ClN3O3/c1-8-10(5-6-19)13(20)18-14(16-8)17-9-3-4-12(21-2)11(15)7-9/h3-4,7,19H,5-6H2,1-2H3,(H2,16,17,18,20). The summed E-state index contributed by atoms with van der Waals surface area (Å²) in [7, 11) is 1.54. The molecule has 2 rings (SSSR count). The molecule has 0 atom stereocenters. The molecule has 0 aliphatic heterocycles. The Morgan fingerprint density at radius 3 is 2.81 bits per heavy atom. The Morgan fingerprint density at radius 2 is 2.24 bits per heavy atom. The van der Waals surface area contributed by atoms with Gasteiger partial charge in [0, 0.05) is 24.3 Å². The van der Waals surface area contributed by atoms with Gasteiger partial charge in [-0.15, -0.1) is 0 Å². The molecule has 1 aromatic heterocycles. The number of ether oxygens (including phenoxy) is 1. The number of aromatic amines is 1. The summed E-state index contributed by atoms with van der Waals surface area (Å²) in [4.78, 5) is 18.8. The van der Waals surface area contributed by atoms with Crippen molar-refractivity contribution in [2.45, 2.75) is 13.3 Å². The van der Waals surface area contributed by atoms with Crippen LogP contribution in [-0.4, -0.2) is 28.8 Å². The third kappa shape index (κ3) is 3.53. The van der Waals surface area contributed by atoms with Crippen molar-refractivity contribution in [2.75, 3.05) is 19.0 Å². The van der Waals surface area contributed by atoms with Crippen molar-refractivity contribution in [3.63, 3.8) is 0 Å². The monoisotopic (exact) mass is 309 g/mol. The summed E-state index contributed by atoms with van der Waals surface area (Å²) in [6.45, 7) is 1.64. The number of nitrogens with one attached hydrogen (secondary N) is 2. The summed E-state index contributed by atoms with van der Waals surface area (Å²) < 4.78 is 5.07. The first-order valence-corrected chi connectivity index (χ1v) is 6.74. The van der Waals surface area contributed by atoms with Crippen molar-refractivity contribution >= 4 is 23.2 Å². The number of halogens is 1. The first-order chi connectivity index (χ1) is 10.0. The van der Waals surface area contributed by atoms with Crippen LogP contribution in [0.25, 0.3) is 0 Å². The highest BCUT2D eigenvalue weighted by atomic mass is 35.5. The predicted molar refractivity (Wildman–Crippen MR) is 81.7 cm³/mol. The Morgan fingerprint density at radius 1 is 1.48 bits per heavy atom. The van der Waals surface area contributed by atoms with E-state index in [2.05, 4.69) is 15.3 Å². The van der Waals surface area contributed by atoms with Gasteiger partial charge in [-0.2, -0.15) is 0 Å². The maximum absolute atomic E-state index is 11.9. The van der Waals surface area contributed by atoms with Gasteiger partial charge in [0.15, 0.2) is 0 Å². The van der Waals surface area contributed by atoms with E-state index < -0.39 is 0 Å². The van der Waals surface area contributed by atoms with Gasteiger partial charge in [-0.05, 0) is 25.1 Å². The molecule has 6 nitrogen and oxygen atoms in total. The fourth-order valence-corrected chi connectivity index (χ4v) is 2.21. The number of anilines is 2. The molecule has 0 aliphatic carbocycles. The molecule has 2 aromatic rings. The minimum absolute atomic E-state index is 0.0908. The van der Waals surface area contributed by atoms with Gasteiger partial charge in [-0.25, -0.2) is 4.98 Å². The lowest BCUT2D eigenvalue weighted by atomic mass is 10.2. The summed E-state index contributed by atoms with van der Waals surface area (Å²) in [5.41, 5.74) is 1.47. The number of methoxy groups -OCH3 is 1. The van der Waals surface area contributed by atoms with Crippen molar-refractivity contribution < 1.29 is 9.84 Å². The number of H-pyrrole nitrogens is 1. The normalized spacial score (nSPS) is 10.5. The first kappa shape index (κ1) is 15.3. The molecule has 1 heterocycles. The van der Waals surface area contributed by atoms with Crippen LogP contribution in [0.5, 0.6) is 5.75 Å². The van der Waals surface area contributed by atoms with Gasteiger partial charge in [0.25, 0.3) is 5.56 Å². The predicted octanol–water partition coefficient (Wildman–Crippen LogP) is 2.02. The van der Waals surface area contributed by atoms with Crippen LogP contribution in [0.1, 0.15) is 11.3 Å². The van der Waals surface area contributed by atoms with Crippen LogP contribution in [0, 0.1) is 6.92 Å². The Bertz CT molecular complexity index is 700. The van der Waals surface area contributed by atoms with Crippen LogP contribution in [0.4, 0.5) is 11.6 Å². The number of hydrogen-bond donors (Lipinski definition) is 3. The summed E-state index contributed by atoms with van der Waals surface area (Å²) in [5.74, 6) is 0.888. The molecule has 7 heteroatoms. The third-order valence-corrected chi connectivity index (χ3v) is 3.29. The second kappa shape index (κ2) is 6.60. The van der Waals surface area contributed by atoms with Crippen LogP contribution in [0.2, 0.25) is 5.02 Å². The minimum Gasteiger partial charge on any atom is -0.495 e. The Hall–Kier alpha value is -2.05.